The first kappa shape index (κ1) is 17.3. The van der Waals surface area contributed by atoms with Gasteiger partial charge in [-0.1, -0.05) is 0 Å². The number of pyridine rings is 2. The number of carbonyl (C=O) groups excluding carboxylic acids is 1. The third-order valence-corrected chi connectivity index (χ3v) is 4.61. The van der Waals surface area contributed by atoms with E-state index >= 15 is 0 Å². The molecular formula is C18H20FN7O. The SMILES string of the molecule is Cc1cc(-c2n[nH]c3cc(NC(=O)N[C@H]4CN(C)C[C@@H]4F)ncc23)ccn1. The van der Waals surface area contributed by atoms with Crippen LogP contribution in [-0.2, 0) is 0 Å². The second kappa shape index (κ2) is 6.92. The van der Waals surface area contributed by atoms with Crippen LogP contribution in [0.25, 0.3) is 22.2 Å². The monoisotopic (exact) mass is 369 g/mol. The van der Waals surface area contributed by atoms with Crippen molar-refractivity contribution < 1.29 is 9.18 Å². The van der Waals surface area contributed by atoms with E-state index in [1.54, 1.807) is 18.5 Å². The molecule has 1 saturated heterocycles. The third-order valence-electron chi connectivity index (χ3n) is 4.61. The van der Waals surface area contributed by atoms with E-state index in [1.165, 1.54) is 0 Å². The first-order chi connectivity index (χ1) is 13.0. The Balaban J connectivity index is 1.50. The maximum absolute atomic E-state index is 13.8. The number of nitrogens with zero attached hydrogens (tertiary/aromatic N) is 4. The number of halogens is 1. The molecule has 1 fully saturated rings. The van der Waals surface area contributed by atoms with Gasteiger partial charge in [-0.25, -0.2) is 14.2 Å². The summed E-state index contributed by atoms with van der Waals surface area (Å²) in [7, 11) is 1.82. The number of H-pyrrole nitrogens is 1. The first-order valence-electron chi connectivity index (χ1n) is 8.67. The fourth-order valence-electron chi connectivity index (χ4n) is 3.30. The summed E-state index contributed by atoms with van der Waals surface area (Å²) >= 11 is 0. The Hall–Kier alpha value is -3.07. The van der Waals surface area contributed by atoms with E-state index in [-0.39, 0.29) is 0 Å². The van der Waals surface area contributed by atoms with Crippen molar-refractivity contribution in [1.82, 2.24) is 30.4 Å². The van der Waals surface area contributed by atoms with Gasteiger partial charge in [0.2, 0.25) is 0 Å². The van der Waals surface area contributed by atoms with Gasteiger partial charge in [-0.05, 0) is 26.1 Å². The van der Waals surface area contributed by atoms with Gasteiger partial charge in [0.05, 0.1) is 11.6 Å². The topological polar surface area (TPSA) is 98.8 Å². The van der Waals surface area contributed by atoms with Crippen molar-refractivity contribution in [2.24, 2.45) is 0 Å². The summed E-state index contributed by atoms with van der Waals surface area (Å²) in [6.45, 7) is 2.72. The predicted octanol–water partition coefficient (Wildman–Crippen LogP) is 2.10. The molecule has 0 saturated carbocycles. The average Bonchev–Trinajstić information content (AvgIpc) is 3.17. The Bertz CT molecular complexity index is 989. The number of fused-ring (bicyclic) bond motifs is 1. The second-order valence-corrected chi connectivity index (χ2v) is 6.82. The molecule has 4 heterocycles. The number of carbonyl (C=O) groups is 1. The number of aryl methyl sites for hydroxylation is 1. The molecule has 1 aliphatic heterocycles. The minimum atomic E-state index is -1.07. The van der Waals surface area contributed by atoms with Crippen LogP contribution in [0.5, 0.6) is 0 Å². The van der Waals surface area contributed by atoms with Crippen LogP contribution in [0.3, 0.4) is 0 Å². The molecule has 1 aliphatic rings. The highest BCUT2D eigenvalue weighted by molar-refractivity contribution is 5.95. The lowest BCUT2D eigenvalue weighted by molar-refractivity contribution is 0.239. The summed E-state index contributed by atoms with van der Waals surface area (Å²) in [4.78, 5) is 22.5. The van der Waals surface area contributed by atoms with E-state index < -0.39 is 18.2 Å². The molecule has 2 amide bonds. The van der Waals surface area contributed by atoms with E-state index in [4.69, 9.17) is 0 Å². The van der Waals surface area contributed by atoms with Crippen molar-refractivity contribution in [3.8, 4) is 11.3 Å². The number of aromatic nitrogens is 4. The molecule has 0 aliphatic carbocycles. The van der Waals surface area contributed by atoms with Crippen molar-refractivity contribution in [3.63, 3.8) is 0 Å². The molecule has 3 aromatic heterocycles. The second-order valence-electron chi connectivity index (χ2n) is 6.82. The summed E-state index contributed by atoms with van der Waals surface area (Å²) in [5, 5.41) is 13.5. The number of nitrogens with one attached hydrogen (secondary N) is 3. The van der Waals surface area contributed by atoms with Crippen molar-refractivity contribution in [2.75, 3.05) is 25.5 Å². The normalized spacial score (nSPS) is 20.1. The third kappa shape index (κ3) is 3.59. The Labute approximate surface area is 155 Å². The number of likely N-dealkylation sites (N-methyl/N-ethyl adjacent to an activating group) is 1. The van der Waals surface area contributed by atoms with Crippen molar-refractivity contribution in [2.45, 2.75) is 19.1 Å². The van der Waals surface area contributed by atoms with E-state index in [0.717, 1.165) is 27.9 Å². The van der Waals surface area contributed by atoms with Gasteiger partial charge in [-0.2, -0.15) is 5.10 Å². The lowest BCUT2D eigenvalue weighted by Crippen LogP contribution is -2.43. The molecule has 4 rings (SSSR count). The van der Waals surface area contributed by atoms with Crippen LogP contribution >= 0.6 is 0 Å². The summed E-state index contributed by atoms with van der Waals surface area (Å²) < 4.78 is 13.8. The van der Waals surface area contributed by atoms with Gasteiger partial charge in [0, 0.05) is 48.2 Å². The van der Waals surface area contributed by atoms with E-state index in [1.807, 2.05) is 31.0 Å². The van der Waals surface area contributed by atoms with Gasteiger partial charge in [0.25, 0.3) is 0 Å². The van der Waals surface area contributed by atoms with Gasteiger partial charge in [-0.15, -0.1) is 0 Å². The molecular weight excluding hydrogens is 349 g/mol. The van der Waals surface area contributed by atoms with Gasteiger partial charge < -0.3 is 10.2 Å². The highest BCUT2D eigenvalue weighted by atomic mass is 19.1. The van der Waals surface area contributed by atoms with Crippen LogP contribution in [0.4, 0.5) is 15.0 Å². The van der Waals surface area contributed by atoms with Crippen LogP contribution in [0.1, 0.15) is 5.69 Å². The smallest absolute Gasteiger partial charge is 0.320 e. The molecule has 0 radical (unpaired) electrons. The van der Waals surface area contributed by atoms with Gasteiger partial charge in [-0.3, -0.25) is 15.4 Å². The number of urea groups is 1. The summed E-state index contributed by atoms with van der Waals surface area (Å²) in [6.07, 6.45) is 2.31. The summed E-state index contributed by atoms with van der Waals surface area (Å²) in [5.74, 6) is 0.364. The number of amides is 2. The molecule has 3 N–H and O–H groups in total. The Morgan fingerprint density at radius 3 is 2.93 bits per heavy atom. The first-order valence-corrected chi connectivity index (χ1v) is 8.67. The lowest BCUT2D eigenvalue weighted by Gasteiger charge is -2.14. The molecule has 0 unspecified atom stereocenters. The fraction of sp³-hybridized carbons (Fsp3) is 0.333. The predicted molar refractivity (Wildman–Crippen MR) is 100 cm³/mol. The van der Waals surface area contributed by atoms with Crippen LogP contribution in [0.2, 0.25) is 0 Å². The molecule has 27 heavy (non-hydrogen) atoms. The molecule has 2 atom stereocenters. The average molecular weight is 369 g/mol. The Kier molecular flexibility index (Phi) is 4.44. The van der Waals surface area contributed by atoms with Gasteiger partial charge in [0.15, 0.2) is 0 Å². The summed E-state index contributed by atoms with van der Waals surface area (Å²) in [5.41, 5.74) is 3.35. The van der Waals surface area contributed by atoms with E-state index in [9.17, 15) is 9.18 Å². The maximum Gasteiger partial charge on any atom is 0.320 e. The molecule has 0 bridgehead atoms. The zero-order valence-corrected chi connectivity index (χ0v) is 15.0. The van der Waals surface area contributed by atoms with Gasteiger partial charge in [0.1, 0.15) is 17.7 Å². The minimum absolute atomic E-state index is 0.320. The van der Waals surface area contributed by atoms with Crippen molar-refractivity contribution in [1.29, 1.82) is 0 Å². The minimum Gasteiger partial charge on any atom is -0.331 e. The number of likely N-dealkylation sites (tertiary alicyclic amines) is 1. The standard InChI is InChI=1S/C18H20FN7O/c1-10-5-11(3-4-20-10)17-12-7-21-16(6-14(12)24-25-17)23-18(27)22-15-9-26(2)8-13(15)19/h3-7,13,15H,8-9H2,1-2H3,(H,24,25)(H2,21,22,23,27)/t13-,15-/m0/s1. The zero-order chi connectivity index (χ0) is 19.0. The largest absolute Gasteiger partial charge is 0.331 e. The quantitative estimate of drug-likeness (QED) is 0.657. The maximum atomic E-state index is 13.8. The zero-order valence-electron chi connectivity index (χ0n) is 15.0. The van der Waals surface area contributed by atoms with Crippen LogP contribution in [0.15, 0.2) is 30.6 Å². The van der Waals surface area contributed by atoms with Crippen LogP contribution in [0, 0.1) is 6.92 Å². The lowest BCUT2D eigenvalue weighted by atomic mass is 10.1. The van der Waals surface area contributed by atoms with E-state index in [0.29, 0.717) is 18.9 Å². The Morgan fingerprint density at radius 2 is 2.19 bits per heavy atom. The Morgan fingerprint density at radius 1 is 1.33 bits per heavy atom. The number of rotatable bonds is 3. The van der Waals surface area contributed by atoms with Crippen LogP contribution in [-0.4, -0.2) is 63.4 Å². The van der Waals surface area contributed by atoms with Crippen LogP contribution < -0.4 is 10.6 Å². The van der Waals surface area contributed by atoms with Crippen molar-refractivity contribution >= 4 is 22.8 Å². The number of anilines is 1. The highest BCUT2D eigenvalue weighted by Crippen LogP contribution is 2.27. The summed E-state index contributed by atoms with van der Waals surface area (Å²) in [6, 6.07) is 4.53. The molecule has 9 heteroatoms. The fourth-order valence-corrected chi connectivity index (χ4v) is 3.30. The number of aromatic amines is 1. The molecule has 3 aromatic rings. The number of alkyl halides is 1. The van der Waals surface area contributed by atoms with E-state index in [2.05, 4.69) is 30.8 Å². The van der Waals surface area contributed by atoms with Crippen molar-refractivity contribution in [3.05, 3.63) is 36.3 Å². The molecule has 0 aromatic carbocycles. The number of hydrogen-bond acceptors (Lipinski definition) is 5. The highest BCUT2D eigenvalue weighted by Gasteiger charge is 2.31. The molecule has 0 spiro atoms. The molecule has 8 nitrogen and oxygen atoms in total. The van der Waals surface area contributed by atoms with Gasteiger partial charge >= 0.3 is 6.03 Å². The molecule has 140 valence electrons. The number of hydrogen-bond donors (Lipinski definition) is 3.